The van der Waals surface area contributed by atoms with Crippen molar-refractivity contribution in [3.05, 3.63) is 75.0 Å². The van der Waals surface area contributed by atoms with Crippen molar-refractivity contribution in [2.24, 2.45) is 0 Å². The SMILES string of the molecule is O=C(Nc1ccc(-c2n[nH]c3ccccc3c2=O)c(F)c1)NS(=O)(=O)c1ccc(Cl)s1. The number of sulfonamides is 1. The standard InChI is InChI=1S/C19H12ClFN4O4S2/c20-15-7-8-16(30-15)31(28,29)25-19(27)22-10-5-6-11(13(21)9-10)17-18(26)12-3-1-2-4-14(12)23-24-17/h1-9H,(H,23,26)(H2,22,25,27). The zero-order valence-electron chi connectivity index (χ0n) is 15.3. The van der Waals surface area contributed by atoms with E-state index >= 15 is 0 Å². The van der Waals surface area contributed by atoms with Crippen LogP contribution in [0.5, 0.6) is 0 Å². The number of nitrogens with zero attached hydrogens (tertiary/aromatic N) is 1. The van der Waals surface area contributed by atoms with Gasteiger partial charge in [-0.15, -0.1) is 11.3 Å². The monoisotopic (exact) mass is 478 g/mol. The van der Waals surface area contributed by atoms with Gasteiger partial charge >= 0.3 is 6.03 Å². The number of carbonyl (C=O) groups is 1. The quantitative estimate of drug-likeness (QED) is 0.410. The Bertz CT molecular complexity index is 1480. The molecule has 0 aliphatic heterocycles. The molecule has 12 heteroatoms. The van der Waals surface area contributed by atoms with E-state index in [4.69, 9.17) is 11.6 Å². The summed E-state index contributed by atoms with van der Waals surface area (Å²) in [5.74, 6) is -0.820. The molecule has 0 fully saturated rings. The number of fused-ring (bicyclic) bond motifs is 1. The average Bonchev–Trinajstić information content (AvgIpc) is 3.16. The van der Waals surface area contributed by atoms with E-state index in [1.54, 1.807) is 24.3 Å². The Labute approximate surface area is 183 Å². The number of rotatable bonds is 4. The Kier molecular flexibility index (Phi) is 5.48. The molecule has 4 aromatic rings. The third kappa shape index (κ3) is 4.29. The fourth-order valence-corrected chi connectivity index (χ4v) is 5.20. The van der Waals surface area contributed by atoms with Gasteiger partial charge in [0.15, 0.2) is 0 Å². The van der Waals surface area contributed by atoms with Crippen LogP contribution in [-0.2, 0) is 10.0 Å². The minimum atomic E-state index is -4.12. The second-order valence-corrected chi connectivity index (χ2v) is 9.88. The minimum Gasteiger partial charge on any atom is -0.307 e. The molecule has 0 radical (unpaired) electrons. The van der Waals surface area contributed by atoms with E-state index in [1.165, 1.54) is 24.3 Å². The molecule has 0 unspecified atom stereocenters. The van der Waals surface area contributed by atoms with Crippen LogP contribution in [0.25, 0.3) is 22.2 Å². The van der Waals surface area contributed by atoms with Gasteiger partial charge in [-0.05, 0) is 42.5 Å². The smallest absolute Gasteiger partial charge is 0.307 e. The highest BCUT2D eigenvalue weighted by Gasteiger charge is 2.20. The summed E-state index contributed by atoms with van der Waals surface area (Å²) in [5, 5.41) is 9.24. The average molecular weight is 479 g/mol. The highest BCUT2D eigenvalue weighted by molar-refractivity contribution is 7.92. The number of H-pyrrole nitrogens is 1. The Morgan fingerprint density at radius 1 is 1.13 bits per heavy atom. The van der Waals surface area contributed by atoms with Crippen LogP contribution in [0.15, 0.2) is 63.6 Å². The molecule has 0 atom stereocenters. The molecule has 0 spiro atoms. The summed E-state index contributed by atoms with van der Waals surface area (Å²) in [5.41, 5.74) is -0.147. The van der Waals surface area contributed by atoms with E-state index < -0.39 is 27.3 Å². The van der Waals surface area contributed by atoms with Gasteiger partial charge in [-0.25, -0.2) is 22.3 Å². The number of hydrogen-bond acceptors (Lipinski definition) is 6. The number of aromatic nitrogens is 2. The van der Waals surface area contributed by atoms with Gasteiger partial charge in [-0.1, -0.05) is 23.7 Å². The summed E-state index contributed by atoms with van der Waals surface area (Å²) < 4.78 is 40.9. The van der Waals surface area contributed by atoms with Crippen LogP contribution in [0.2, 0.25) is 4.34 Å². The van der Waals surface area contributed by atoms with Gasteiger partial charge in [0.25, 0.3) is 10.0 Å². The molecule has 2 aromatic carbocycles. The van der Waals surface area contributed by atoms with E-state index in [9.17, 15) is 22.4 Å². The number of amides is 2. The number of hydrogen-bond donors (Lipinski definition) is 3. The molecular formula is C19H12ClFN4O4S2. The number of benzene rings is 2. The summed E-state index contributed by atoms with van der Waals surface area (Å²) in [4.78, 5) is 24.7. The Morgan fingerprint density at radius 3 is 2.61 bits per heavy atom. The maximum absolute atomic E-state index is 14.7. The number of para-hydroxylation sites is 1. The van der Waals surface area contributed by atoms with Gasteiger partial charge in [-0.3, -0.25) is 9.89 Å². The predicted molar refractivity (Wildman–Crippen MR) is 116 cm³/mol. The zero-order chi connectivity index (χ0) is 22.2. The summed E-state index contributed by atoms with van der Waals surface area (Å²) in [6, 6.07) is 11.8. The molecule has 0 saturated carbocycles. The summed E-state index contributed by atoms with van der Waals surface area (Å²) in [7, 11) is -4.12. The summed E-state index contributed by atoms with van der Waals surface area (Å²) in [6.45, 7) is 0. The maximum Gasteiger partial charge on any atom is 0.333 e. The van der Waals surface area contributed by atoms with Crippen molar-refractivity contribution in [3.8, 4) is 11.3 Å². The molecule has 4 rings (SSSR count). The number of halogens is 2. The molecule has 0 saturated heterocycles. The molecule has 2 amide bonds. The lowest BCUT2D eigenvalue weighted by Crippen LogP contribution is -2.34. The van der Waals surface area contributed by atoms with Crippen molar-refractivity contribution in [1.29, 1.82) is 0 Å². The lowest BCUT2D eigenvalue weighted by atomic mass is 10.1. The number of urea groups is 1. The lowest BCUT2D eigenvalue weighted by Gasteiger charge is -2.09. The number of nitrogens with one attached hydrogen (secondary N) is 3. The molecular weight excluding hydrogens is 467 g/mol. The van der Waals surface area contributed by atoms with Gasteiger partial charge < -0.3 is 5.32 Å². The highest BCUT2D eigenvalue weighted by Crippen LogP contribution is 2.26. The van der Waals surface area contributed by atoms with Crippen LogP contribution in [0, 0.1) is 5.82 Å². The van der Waals surface area contributed by atoms with E-state index in [0.29, 0.717) is 10.9 Å². The lowest BCUT2D eigenvalue weighted by molar-refractivity contribution is 0.256. The van der Waals surface area contributed by atoms with E-state index in [2.05, 4.69) is 15.5 Å². The fourth-order valence-electron chi connectivity index (χ4n) is 2.81. The van der Waals surface area contributed by atoms with Crippen LogP contribution >= 0.6 is 22.9 Å². The van der Waals surface area contributed by atoms with Crippen molar-refractivity contribution in [2.75, 3.05) is 5.32 Å². The largest absolute Gasteiger partial charge is 0.333 e. The van der Waals surface area contributed by atoms with E-state index in [0.717, 1.165) is 17.4 Å². The van der Waals surface area contributed by atoms with Gasteiger partial charge in [0.1, 0.15) is 15.7 Å². The molecule has 8 nitrogen and oxygen atoms in total. The summed E-state index contributed by atoms with van der Waals surface area (Å²) >= 11 is 6.50. The maximum atomic E-state index is 14.7. The van der Waals surface area contributed by atoms with Crippen molar-refractivity contribution in [3.63, 3.8) is 0 Å². The van der Waals surface area contributed by atoms with E-state index in [1.807, 2.05) is 4.72 Å². The van der Waals surface area contributed by atoms with Gasteiger partial charge in [-0.2, -0.15) is 5.10 Å². The Balaban J connectivity index is 1.56. The molecule has 0 aliphatic carbocycles. The fraction of sp³-hybridized carbons (Fsp3) is 0. The first kappa shape index (κ1) is 21.0. The second kappa shape index (κ2) is 8.10. The first-order valence-electron chi connectivity index (χ1n) is 8.61. The minimum absolute atomic E-state index is 0.0182. The number of anilines is 1. The highest BCUT2D eigenvalue weighted by atomic mass is 35.5. The van der Waals surface area contributed by atoms with E-state index in [-0.39, 0.29) is 25.5 Å². The third-order valence-electron chi connectivity index (χ3n) is 4.20. The molecule has 2 heterocycles. The van der Waals surface area contributed by atoms with Crippen LogP contribution < -0.4 is 15.5 Å². The molecule has 31 heavy (non-hydrogen) atoms. The number of carbonyl (C=O) groups excluding carboxylic acids is 1. The van der Waals surface area contributed by atoms with Gasteiger partial charge in [0.2, 0.25) is 5.43 Å². The molecule has 0 aliphatic rings. The number of aromatic amines is 1. The second-order valence-electron chi connectivity index (χ2n) is 6.26. The van der Waals surface area contributed by atoms with Crippen LogP contribution in [0.4, 0.5) is 14.9 Å². The van der Waals surface area contributed by atoms with Gasteiger partial charge in [0, 0.05) is 16.6 Å². The molecule has 0 bridgehead atoms. The summed E-state index contributed by atoms with van der Waals surface area (Å²) in [6.07, 6.45) is 0. The first-order valence-corrected chi connectivity index (χ1v) is 11.3. The molecule has 2 aromatic heterocycles. The molecule has 158 valence electrons. The molecule has 3 N–H and O–H groups in total. The van der Waals surface area contributed by atoms with Crippen molar-refractivity contribution >= 4 is 55.6 Å². The Hall–Kier alpha value is -3.28. The normalized spacial score (nSPS) is 11.4. The van der Waals surface area contributed by atoms with Crippen molar-refractivity contribution < 1.29 is 17.6 Å². The van der Waals surface area contributed by atoms with Crippen molar-refractivity contribution in [2.45, 2.75) is 4.21 Å². The topological polar surface area (TPSA) is 121 Å². The first-order chi connectivity index (χ1) is 14.7. The third-order valence-corrected chi connectivity index (χ3v) is 7.25. The van der Waals surface area contributed by atoms with Crippen LogP contribution in [0.1, 0.15) is 0 Å². The zero-order valence-corrected chi connectivity index (χ0v) is 17.7. The van der Waals surface area contributed by atoms with Crippen LogP contribution in [-0.4, -0.2) is 24.6 Å². The van der Waals surface area contributed by atoms with Crippen LogP contribution in [0.3, 0.4) is 0 Å². The predicted octanol–water partition coefficient (Wildman–Crippen LogP) is 3.95. The Morgan fingerprint density at radius 2 is 1.90 bits per heavy atom. The number of thiophene rings is 1. The van der Waals surface area contributed by atoms with Gasteiger partial charge in [0.05, 0.1) is 9.85 Å². The van der Waals surface area contributed by atoms with Crippen molar-refractivity contribution in [1.82, 2.24) is 14.9 Å².